The van der Waals surface area contributed by atoms with Crippen LogP contribution in [0.25, 0.3) is 0 Å². The quantitative estimate of drug-likeness (QED) is 0.638. The fraction of sp³-hybridized carbons (Fsp3) is 1.00. The summed E-state index contributed by atoms with van der Waals surface area (Å²) in [6.45, 7) is 6.70. The molecule has 1 unspecified atom stereocenters. The molecule has 0 amide bonds. The monoisotopic (exact) mass is 198 g/mol. The minimum atomic E-state index is 0.0643. The maximum absolute atomic E-state index is 6.13. The highest BCUT2D eigenvalue weighted by atomic mass is 16.6. The molecule has 0 radical (unpaired) electrons. The van der Waals surface area contributed by atoms with Gasteiger partial charge in [0.2, 0.25) is 0 Å². The van der Waals surface area contributed by atoms with Crippen LogP contribution in [0.15, 0.2) is 0 Å². The van der Waals surface area contributed by atoms with Crippen LogP contribution in [0, 0.1) is 5.92 Å². The minimum Gasteiger partial charge on any atom is -0.379 e. The van der Waals surface area contributed by atoms with Gasteiger partial charge in [-0.25, -0.2) is 0 Å². The fourth-order valence-corrected chi connectivity index (χ4v) is 2.94. The topological polar surface area (TPSA) is 18.5 Å². The van der Waals surface area contributed by atoms with E-state index in [1.54, 1.807) is 7.11 Å². The Morgan fingerprint density at radius 1 is 1.43 bits per heavy atom. The van der Waals surface area contributed by atoms with E-state index in [2.05, 4.69) is 28.6 Å². The second-order valence-electron chi connectivity index (χ2n) is 4.48. The van der Waals surface area contributed by atoms with Crippen molar-refractivity contribution in [2.24, 2.45) is 5.92 Å². The predicted octanol–water partition coefficient (Wildman–Crippen LogP) is 1.58. The van der Waals surface area contributed by atoms with Gasteiger partial charge < -0.3 is 9.47 Å². The lowest BCUT2D eigenvalue weighted by Gasteiger charge is -2.32. The first-order valence-electron chi connectivity index (χ1n) is 5.82. The summed E-state index contributed by atoms with van der Waals surface area (Å²) in [6.07, 6.45) is 3.68. The van der Waals surface area contributed by atoms with E-state index in [4.69, 9.17) is 9.47 Å². The molecule has 0 aliphatic carbocycles. The predicted molar refractivity (Wildman–Crippen MR) is 61.3 cm³/mol. The van der Waals surface area contributed by atoms with E-state index in [9.17, 15) is 0 Å². The highest BCUT2D eigenvalue weighted by molar-refractivity contribution is 6.11. The Bertz CT molecular complexity index is 186. The van der Waals surface area contributed by atoms with Crippen LogP contribution >= 0.6 is 0 Å². The molecule has 1 heterocycles. The van der Waals surface area contributed by atoms with Crippen molar-refractivity contribution in [1.82, 2.24) is 0 Å². The minimum absolute atomic E-state index is 0.0643. The number of rotatable bonds is 4. The van der Waals surface area contributed by atoms with Gasteiger partial charge in [0.1, 0.15) is 7.85 Å². The summed E-state index contributed by atoms with van der Waals surface area (Å²) in [5.74, 6) is 0.507. The first-order valence-corrected chi connectivity index (χ1v) is 5.82. The van der Waals surface area contributed by atoms with Crippen LogP contribution < -0.4 is 0 Å². The van der Waals surface area contributed by atoms with Gasteiger partial charge in [-0.1, -0.05) is 27.2 Å². The van der Waals surface area contributed by atoms with Gasteiger partial charge in [-0.15, -0.1) is 0 Å². The molecule has 0 bridgehead atoms. The van der Waals surface area contributed by atoms with Crippen LogP contribution in [0.1, 0.15) is 40.0 Å². The lowest BCUT2D eigenvalue weighted by molar-refractivity contribution is -0.0416. The van der Waals surface area contributed by atoms with Crippen molar-refractivity contribution in [3.05, 3.63) is 0 Å². The summed E-state index contributed by atoms with van der Waals surface area (Å²) < 4.78 is 11.6. The van der Waals surface area contributed by atoms with Crippen molar-refractivity contribution in [3.8, 4) is 0 Å². The second kappa shape index (κ2) is 4.67. The van der Waals surface area contributed by atoms with Gasteiger partial charge in [-0.3, -0.25) is 0 Å². The third-order valence-electron chi connectivity index (χ3n) is 3.75. The van der Waals surface area contributed by atoms with Crippen molar-refractivity contribution in [3.63, 3.8) is 0 Å². The van der Waals surface area contributed by atoms with Crippen molar-refractivity contribution in [2.45, 2.75) is 57.7 Å². The summed E-state index contributed by atoms with van der Waals surface area (Å²) in [7, 11) is 3.91. The zero-order valence-corrected chi connectivity index (χ0v) is 10.2. The SMILES string of the molecule is B[C@@H]1O[C@@](CC)(CCC)[C@H](C)C1OC. The van der Waals surface area contributed by atoms with Crippen molar-refractivity contribution < 1.29 is 9.47 Å². The molecule has 1 rings (SSSR count). The van der Waals surface area contributed by atoms with Crippen molar-refractivity contribution in [2.75, 3.05) is 7.11 Å². The Balaban J connectivity index is 2.79. The van der Waals surface area contributed by atoms with E-state index in [1.165, 1.54) is 6.42 Å². The molecule has 0 saturated carbocycles. The molecule has 1 saturated heterocycles. The van der Waals surface area contributed by atoms with Gasteiger partial charge >= 0.3 is 0 Å². The van der Waals surface area contributed by atoms with E-state index in [0.29, 0.717) is 5.92 Å². The first kappa shape index (κ1) is 12.1. The Labute approximate surface area is 88.8 Å². The molecule has 1 fully saturated rings. The Hall–Kier alpha value is -0.0151. The summed E-state index contributed by atoms with van der Waals surface area (Å²) in [6, 6.07) is 0.237. The summed E-state index contributed by atoms with van der Waals surface area (Å²) in [5, 5.41) is 0. The fourth-order valence-electron chi connectivity index (χ4n) is 2.94. The molecule has 4 atom stereocenters. The van der Waals surface area contributed by atoms with E-state index < -0.39 is 0 Å². The van der Waals surface area contributed by atoms with Crippen LogP contribution in [0.4, 0.5) is 0 Å². The molecule has 0 spiro atoms. The smallest absolute Gasteiger partial charge is 0.142 e. The van der Waals surface area contributed by atoms with Gasteiger partial charge in [0.25, 0.3) is 0 Å². The zero-order valence-electron chi connectivity index (χ0n) is 10.2. The van der Waals surface area contributed by atoms with Crippen LogP contribution in [0.3, 0.4) is 0 Å². The van der Waals surface area contributed by atoms with Gasteiger partial charge in [0.05, 0.1) is 17.7 Å². The van der Waals surface area contributed by atoms with Crippen LogP contribution in [0.2, 0.25) is 0 Å². The normalized spacial score (nSPS) is 43.0. The Kier molecular flexibility index (Phi) is 4.02. The third kappa shape index (κ3) is 1.85. The van der Waals surface area contributed by atoms with Gasteiger partial charge in [-0.2, -0.15) is 0 Å². The summed E-state index contributed by atoms with van der Waals surface area (Å²) in [5.41, 5.74) is 0.0643. The molecular formula is C11H23BO2. The maximum atomic E-state index is 6.13. The standard InChI is InChI=1S/C11H23BO2/c1-5-7-11(6-2)8(3)9(13-4)10(12)14-11/h8-10H,5-7,12H2,1-4H3/t8-,9?,10-,11+/m1/s1. The first-order chi connectivity index (χ1) is 6.61. The number of hydrogen-bond acceptors (Lipinski definition) is 2. The van der Waals surface area contributed by atoms with E-state index in [-0.39, 0.29) is 17.7 Å². The molecule has 0 N–H and O–H groups in total. The highest BCUT2D eigenvalue weighted by Crippen LogP contribution is 2.42. The molecule has 1 aliphatic rings. The molecule has 14 heavy (non-hydrogen) atoms. The van der Waals surface area contributed by atoms with E-state index >= 15 is 0 Å². The van der Waals surface area contributed by atoms with E-state index in [1.807, 2.05) is 0 Å². The molecule has 0 aromatic rings. The van der Waals surface area contributed by atoms with Crippen molar-refractivity contribution in [1.29, 1.82) is 0 Å². The molecule has 0 aromatic carbocycles. The van der Waals surface area contributed by atoms with E-state index in [0.717, 1.165) is 12.8 Å². The number of methoxy groups -OCH3 is 1. The molecule has 82 valence electrons. The molecule has 1 aliphatic heterocycles. The van der Waals surface area contributed by atoms with Crippen molar-refractivity contribution >= 4 is 7.85 Å². The molecule has 3 heteroatoms. The number of hydrogen-bond donors (Lipinski definition) is 0. The zero-order chi connectivity index (χ0) is 10.8. The van der Waals surface area contributed by atoms with Gasteiger partial charge in [0, 0.05) is 13.0 Å². The summed E-state index contributed by atoms with van der Waals surface area (Å²) >= 11 is 0. The summed E-state index contributed by atoms with van der Waals surface area (Å²) in [4.78, 5) is 0. The lowest BCUT2D eigenvalue weighted by Crippen LogP contribution is -2.36. The van der Waals surface area contributed by atoms with Crippen LogP contribution in [-0.2, 0) is 9.47 Å². The van der Waals surface area contributed by atoms with Gasteiger partial charge in [0.15, 0.2) is 0 Å². The Morgan fingerprint density at radius 3 is 2.43 bits per heavy atom. The highest BCUT2D eigenvalue weighted by Gasteiger charge is 2.49. The second-order valence-corrected chi connectivity index (χ2v) is 4.48. The third-order valence-corrected chi connectivity index (χ3v) is 3.75. The lowest BCUT2D eigenvalue weighted by atomic mass is 9.79. The average molecular weight is 198 g/mol. The largest absolute Gasteiger partial charge is 0.379 e. The van der Waals surface area contributed by atoms with Crippen LogP contribution in [0.5, 0.6) is 0 Å². The molecule has 2 nitrogen and oxygen atoms in total. The van der Waals surface area contributed by atoms with Crippen LogP contribution in [-0.4, -0.2) is 32.7 Å². The molecular weight excluding hydrogens is 175 g/mol. The maximum Gasteiger partial charge on any atom is 0.142 e. The van der Waals surface area contributed by atoms with Gasteiger partial charge in [-0.05, 0) is 12.8 Å². The number of ether oxygens (including phenoxy) is 2. The molecule has 0 aromatic heterocycles. The average Bonchev–Trinajstić information content (AvgIpc) is 2.40. The Morgan fingerprint density at radius 2 is 2.07 bits per heavy atom.